The van der Waals surface area contributed by atoms with Crippen molar-refractivity contribution in [1.29, 1.82) is 5.26 Å². The van der Waals surface area contributed by atoms with E-state index < -0.39 is 5.92 Å². The van der Waals surface area contributed by atoms with E-state index in [1.807, 2.05) is 30.0 Å². The maximum Gasteiger partial charge on any atom is 0.161 e. The SMILES string of the molecule is CCSc1sc(CC)cc1C1C(C#N)=C(N)N(c2ccc(C)c(Cl)c2)C2=C1C(=O)CCC2. The highest BCUT2D eigenvalue weighted by molar-refractivity contribution is 8.01. The van der Waals surface area contributed by atoms with E-state index in [0.29, 0.717) is 22.8 Å². The molecule has 0 amide bonds. The van der Waals surface area contributed by atoms with Gasteiger partial charge in [-0.25, -0.2) is 0 Å². The number of benzene rings is 1. The first-order valence-electron chi connectivity index (χ1n) is 10.9. The Kier molecular flexibility index (Phi) is 6.71. The van der Waals surface area contributed by atoms with Crippen LogP contribution >= 0.6 is 34.7 Å². The summed E-state index contributed by atoms with van der Waals surface area (Å²) in [4.78, 5) is 16.5. The van der Waals surface area contributed by atoms with Crippen LogP contribution < -0.4 is 10.6 Å². The minimum Gasteiger partial charge on any atom is -0.384 e. The Morgan fingerprint density at radius 3 is 2.75 bits per heavy atom. The third-order valence-corrected chi connectivity index (χ3v) is 8.92. The van der Waals surface area contributed by atoms with Gasteiger partial charge < -0.3 is 5.73 Å². The zero-order valence-corrected chi connectivity index (χ0v) is 20.9. The van der Waals surface area contributed by atoms with E-state index in [9.17, 15) is 10.1 Å². The maximum atomic E-state index is 13.3. The highest BCUT2D eigenvalue weighted by Crippen LogP contribution is 2.50. The molecule has 7 heteroatoms. The molecule has 0 radical (unpaired) electrons. The minimum absolute atomic E-state index is 0.108. The van der Waals surface area contributed by atoms with Crippen molar-refractivity contribution in [2.45, 2.75) is 56.6 Å². The van der Waals surface area contributed by atoms with Crippen LogP contribution in [-0.4, -0.2) is 11.5 Å². The first-order valence-corrected chi connectivity index (χ1v) is 13.1. The third kappa shape index (κ3) is 3.87. The molecule has 1 aliphatic carbocycles. The Morgan fingerprint density at radius 2 is 2.09 bits per heavy atom. The lowest BCUT2D eigenvalue weighted by Gasteiger charge is -2.39. The maximum absolute atomic E-state index is 13.3. The number of nitrogens with zero attached hydrogens (tertiary/aromatic N) is 2. The molecule has 0 fully saturated rings. The van der Waals surface area contributed by atoms with Crippen molar-refractivity contribution < 1.29 is 4.79 Å². The number of aryl methyl sites for hydroxylation is 2. The molecule has 1 aromatic carbocycles. The van der Waals surface area contributed by atoms with Gasteiger partial charge in [0.15, 0.2) is 5.78 Å². The van der Waals surface area contributed by atoms with Gasteiger partial charge in [-0.1, -0.05) is 31.5 Å². The largest absolute Gasteiger partial charge is 0.384 e. The van der Waals surface area contributed by atoms with Gasteiger partial charge in [0.05, 0.1) is 21.8 Å². The topological polar surface area (TPSA) is 70.1 Å². The number of carbonyl (C=O) groups is 1. The van der Waals surface area contributed by atoms with Gasteiger partial charge in [-0.05, 0) is 61.3 Å². The van der Waals surface area contributed by atoms with Crippen molar-refractivity contribution in [3.63, 3.8) is 0 Å². The number of thiophene rings is 1. The standard InChI is InChI=1S/C25H26ClN3OS2/c1-4-16-12-17(25(32-16)31-5-2)22-18(13-27)24(28)29(15-10-9-14(3)19(26)11-15)20-7-6-8-21(30)23(20)22/h9-12,22H,4-8,28H2,1-3H3. The van der Waals surface area contributed by atoms with Crippen molar-refractivity contribution in [3.05, 3.63) is 68.0 Å². The van der Waals surface area contributed by atoms with Crippen molar-refractivity contribution in [3.8, 4) is 6.07 Å². The van der Waals surface area contributed by atoms with Gasteiger partial charge in [-0.3, -0.25) is 9.69 Å². The van der Waals surface area contributed by atoms with Crippen LogP contribution in [0.5, 0.6) is 0 Å². The number of allylic oxidation sites excluding steroid dienone is 3. The van der Waals surface area contributed by atoms with Crippen LogP contribution in [0.15, 0.2) is 51.1 Å². The zero-order valence-electron chi connectivity index (χ0n) is 18.5. The second-order valence-corrected chi connectivity index (χ2v) is 11.1. The van der Waals surface area contributed by atoms with Gasteiger partial charge in [-0.2, -0.15) is 5.26 Å². The summed E-state index contributed by atoms with van der Waals surface area (Å²) < 4.78 is 1.17. The molecule has 2 heterocycles. The monoisotopic (exact) mass is 483 g/mol. The molecule has 0 saturated heterocycles. The lowest BCUT2D eigenvalue weighted by Crippen LogP contribution is -2.38. The number of nitriles is 1. The van der Waals surface area contributed by atoms with Crippen LogP contribution in [0, 0.1) is 18.3 Å². The number of Topliss-reactive ketones (excluding diaryl/α,β-unsaturated/α-hetero) is 1. The average Bonchev–Trinajstić information content (AvgIpc) is 3.18. The molecule has 2 aliphatic rings. The molecule has 2 N–H and O–H groups in total. The van der Waals surface area contributed by atoms with Gasteiger partial charge in [0.1, 0.15) is 5.82 Å². The summed E-state index contributed by atoms with van der Waals surface area (Å²) in [5.41, 5.74) is 11.5. The van der Waals surface area contributed by atoms with Crippen LogP contribution in [0.4, 0.5) is 5.69 Å². The smallest absolute Gasteiger partial charge is 0.161 e. The number of ketones is 1. The fourth-order valence-electron chi connectivity index (χ4n) is 4.47. The van der Waals surface area contributed by atoms with Crippen LogP contribution in [-0.2, 0) is 11.2 Å². The molecule has 1 atom stereocenters. The summed E-state index contributed by atoms with van der Waals surface area (Å²) in [6.45, 7) is 6.20. The van der Waals surface area contributed by atoms with Gasteiger partial charge in [-0.15, -0.1) is 23.1 Å². The summed E-state index contributed by atoms with van der Waals surface area (Å²) in [7, 11) is 0. The Hall–Kier alpha value is -2.20. The van der Waals surface area contributed by atoms with E-state index in [4.69, 9.17) is 17.3 Å². The quantitative estimate of drug-likeness (QED) is 0.479. The van der Waals surface area contributed by atoms with Gasteiger partial charge in [0.25, 0.3) is 0 Å². The van der Waals surface area contributed by atoms with E-state index in [0.717, 1.165) is 53.1 Å². The van der Waals surface area contributed by atoms with Crippen molar-refractivity contribution >= 4 is 46.2 Å². The molecule has 4 rings (SSSR count). The fraction of sp³-hybridized carbons (Fsp3) is 0.360. The van der Waals surface area contributed by atoms with Gasteiger partial charge in [0.2, 0.25) is 0 Å². The zero-order chi connectivity index (χ0) is 23.0. The second-order valence-electron chi connectivity index (χ2n) is 7.99. The average molecular weight is 484 g/mol. The molecule has 1 aliphatic heterocycles. The summed E-state index contributed by atoms with van der Waals surface area (Å²) in [5.74, 6) is 1.02. The minimum atomic E-state index is -0.412. The van der Waals surface area contributed by atoms with Crippen LogP contribution in [0.25, 0.3) is 0 Å². The van der Waals surface area contributed by atoms with Gasteiger partial charge in [0, 0.05) is 33.3 Å². The van der Waals surface area contributed by atoms with Crippen LogP contribution in [0.1, 0.15) is 55.0 Å². The number of thioether (sulfide) groups is 1. The first kappa shape index (κ1) is 23.0. The van der Waals surface area contributed by atoms with E-state index in [2.05, 4.69) is 26.0 Å². The van der Waals surface area contributed by atoms with Crippen molar-refractivity contribution in [1.82, 2.24) is 0 Å². The van der Waals surface area contributed by atoms with Crippen molar-refractivity contribution in [2.24, 2.45) is 5.73 Å². The van der Waals surface area contributed by atoms with Gasteiger partial charge >= 0.3 is 0 Å². The number of hydrogen-bond acceptors (Lipinski definition) is 6. The fourth-order valence-corrected chi connectivity index (χ4v) is 7.03. The summed E-state index contributed by atoms with van der Waals surface area (Å²) in [6.07, 6.45) is 2.93. The van der Waals surface area contributed by atoms with E-state index in [-0.39, 0.29) is 5.78 Å². The number of hydrogen-bond donors (Lipinski definition) is 1. The molecule has 2 aromatic rings. The molecule has 0 saturated carbocycles. The predicted octanol–water partition coefficient (Wildman–Crippen LogP) is 6.69. The Labute approximate surface area is 202 Å². The Bertz CT molecular complexity index is 1190. The molecular formula is C25H26ClN3OS2. The molecule has 0 bridgehead atoms. The molecule has 32 heavy (non-hydrogen) atoms. The lowest BCUT2D eigenvalue weighted by molar-refractivity contribution is -0.116. The summed E-state index contributed by atoms with van der Waals surface area (Å²) in [5, 5.41) is 10.9. The number of rotatable bonds is 5. The third-order valence-electron chi connectivity index (χ3n) is 6.04. The van der Waals surface area contributed by atoms with E-state index in [1.54, 1.807) is 23.1 Å². The highest BCUT2D eigenvalue weighted by atomic mass is 35.5. The molecule has 166 valence electrons. The number of anilines is 1. The molecular weight excluding hydrogens is 458 g/mol. The second kappa shape index (κ2) is 9.35. The van der Waals surface area contributed by atoms with E-state index in [1.165, 1.54) is 9.09 Å². The number of carbonyl (C=O) groups excluding carboxylic acids is 1. The Balaban J connectivity index is 1.97. The number of nitrogens with two attached hydrogens (primary N) is 1. The molecule has 1 aromatic heterocycles. The van der Waals surface area contributed by atoms with Crippen molar-refractivity contribution in [2.75, 3.05) is 10.7 Å². The van der Waals surface area contributed by atoms with Crippen LogP contribution in [0.3, 0.4) is 0 Å². The predicted molar refractivity (Wildman–Crippen MR) is 134 cm³/mol. The Morgan fingerprint density at radius 1 is 1.31 bits per heavy atom. The lowest BCUT2D eigenvalue weighted by atomic mass is 9.76. The van der Waals surface area contributed by atoms with E-state index >= 15 is 0 Å². The normalized spacial score (nSPS) is 18.8. The highest BCUT2D eigenvalue weighted by Gasteiger charge is 2.41. The van der Waals surface area contributed by atoms with Crippen LogP contribution in [0.2, 0.25) is 5.02 Å². The molecule has 4 nitrogen and oxygen atoms in total. The number of halogens is 1. The molecule has 0 spiro atoms. The summed E-state index contributed by atoms with van der Waals surface area (Å²) in [6, 6.07) is 10.3. The summed E-state index contributed by atoms with van der Waals surface area (Å²) >= 11 is 9.95. The first-order chi connectivity index (χ1) is 15.4. The molecule has 1 unspecified atom stereocenters.